The summed E-state index contributed by atoms with van der Waals surface area (Å²) in [6, 6.07) is 0.583. The van der Waals surface area contributed by atoms with Gasteiger partial charge in [-0.1, -0.05) is 20.3 Å². The third-order valence-electron chi connectivity index (χ3n) is 4.06. The normalized spacial score (nSPS) is 19.9. The molecule has 0 bridgehead atoms. The van der Waals surface area contributed by atoms with Gasteiger partial charge < -0.3 is 36.2 Å². The molecule has 1 aliphatic rings. The quantitative estimate of drug-likeness (QED) is 0.362. The maximum atomic E-state index is 10.4. The Morgan fingerprint density at radius 1 is 1.09 bits per heavy atom. The Morgan fingerprint density at radius 2 is 1.52 bits per heavy atom. The van der Waals surface area contributed by atoms with Crippen molar-refractivity contribution in [2.75, 3.05) is 19.6 Å². The van der Waals surface area contributed by atoms with E-state index in [2.05, 4.69) is 4.90 Å². The van der Waals surface area contributed by atoms with Crippen molar-refractivity contribution in [3.8, 4) is 0 Å². The van der Waals surface area contributed by atoms with Crippen LogP contribution in [-0.2, 0) is 30.7 Å². The van der Waals surface area contributed by atoms with E-state index in [1.807, 2.05) is 13.8 Å². The van der Waals surface area contributed by atoms with Crippen molar-refractivity contribution in [3.63, 3.8) is 0 Å². The van der Waals surface area contributed by atoms with Gasteiger partial charge in [0.05, 0.1) is 11.9 Å². The minimum atomic E-state index is -1.56. The maximum absolute atomic E-state index is 10.4. The predicted molar refractivity (Wildman–Crippen MR) is 80.3 cm³/mol. The van der Waals surface area contributed by atoms with Gasteiger partial charge in [0, 0.05) is 18.0 Å². The van der Waals surface area contributed by atoms with E-state index in [4.69, 9.17) is 11.5 Å². The van der Waals surface area contributed by atoms with Crippen LogP contribution in [0.4, 0.5) is 0 Å². The van der Waals surface area contributed by atoms with Crippen molar-refractivity contribution in [1.29, 1.82) is 0 Å². The van der Waals surface area contributed by atoms with Crippen LogP contribution in [0, 0.1) is 5.92 Å². The molecule has 0 aromatic heterocycles. The molecular formula is C15H29N3O4Pt. The Balaban J connectivity index is 0. The van der Waals surface area contributed by atoms with Gasteiger partial charge in [-0.2, -0.15) is 0 Å². The first kappa shape index (κ1) is 24.8. The summed E-state index contributed by atoms with van der Waals surface area (Å²) in [5, 5.41) is 20.8. The molecule has 138 valence electrons. The van der Waals surface area contributed by atoms with Crippen LogP contribution in [0.25, 0.3) is 0 Å². The van der Waals surface area contributed by atoms with Gasteiger partial charge in [0.15, 0.2) is 0 Å². The van der Waals surface area contributed by atoms with E-state index in [0.29, 0.717) is 25.0 Å². The van der Waals surface area contributed by atoms with Crippen LogP contribution >= 0.6 is 0 Å². The molecule has 0 heterocycles. The zero-order valence-electron chi connectivity index (χ0n) is 13.9. The number of carbonyl (C=O) groups is 2. The second-order valence-electron chi connectivity index (χ2n) is 5.62. The van der Waals surface area contributed by atoms with Crippen LogP contribution in [0.5, 0.6) is 0 Å². The van der Waals surface area contributed by atoms with Crippen molar-refractivity contribution in [3.05, 3.63) is 0 Å². The molecule has 0 aromatic carbocycles. The maximum Gasteiger partial charge on any atom is 2.00 e. The van der Waals surface area contributed by atoms with Gasteiger partial charge in [0.1, 0.15) is 0 Å². The number of rotatable bonds is 8. The van der Waals surface area contributed by atoms with E-state index in [9.17, 15) is 19.8 Å². The molecule has 1 rings (SSSR count). The summed E-state index contributed by atoms with van der Waals surface area (Å²) in [6.07, 6.45) is 4.07. The van der Waals surface area contributed by atoms with Crippen LogP contribution in [0.1, 0.15) is 46.0 Å². The number of nitrogens with zero attached hydrogens (tertiary/aromatic N) is 1. The van der Waals surface area contributed by atoms with Crippen LogP contribution in [0.15, 0.2) is 0 Å². The Bertz CT molecular complexity index is 319. The zero-order chi connectivity index (χ0) is 17.1. The largest absolute Gasteiger partial charge is 2.00 e. The van der Waals surface area contributed by atoms with Gasteiger partial charge in [0.2, 0.25) is 0 Å². The van der Waals surface area contributed by atoms with Crippen molar-refractivity contribution >= 4 is 11.9 Å². The van der Waals surface area contributed by atoms with Crippen molar-refractivity contribution < 1.29 is 40.9 Å². The average molecular weight is 510 g/mol. The van der Waals surface area contributed by atoms with Crippen LogP contribution in [-0.4, -0.2) is 48.6 Å². The molecular weight excluding hydrogens is 481 g/mol. The van der Waals surface area contributed by atoms with Crippen LogP contribution in [0.2, 0.25) is 0 Å². The van der Waals surface area contributed by atoms with Crippen LogP contribution in [0.3, 0.4) is 0 Å². The molecule has 0 aromatic rings. The molecule has 1 saturated carbocycles. The van der Waals surface area contributed by atoms with E-state index < -0.39 is 17.9 Å². The molecule has 0 saturated heterocycles. The summed E-state index contributed by atoms with van der Waals surface area (Å²) in [5.74, 6) is -4.61. The molecule has 2 atom stereocenters. The number of nitrogens with two attached hydrogens (primary N) is 2. The van der Waals surface area contributed by atoms with Crippen molar-refractivity contribution in [2.24, 2.45) is 17.4 Å². The van der Waals surface area contributed by atoms with Gasteiger partial charge in [0.25, 0.3) is 0 Å². The summed E-state index contributed by atoms with van der Waals surface area (Å²) < 4.78 is 0. The second-order valence-corrected chi connectivity index (χ2v) is 5.62. The number of carboxylic acid groups (broad SMARTS) is 2. The Morgan fingerprint density at radius 3 is 1.78 bits per heavy atom. The summed E-state index contributed by atoms with van der Waals surface area (Å²) in [6.45, 7) is 6.44. The average Bonchev–Trinajstić information content (AvgIpc) is 2.83. The van der Waals surface area contributed by atoms with E-state index in [1.165, 1.54) is 6.42 Å². The van der Waals surface area contributed by atoms with Gasteiger partial charge in [-0.25, -0.2) is 0 Å². The third-order valence-corrected chi connectivity index (χ3v) is 4.06. The molecule has 0 spiro atoms. The summed E-state index contributed by atoms with van der Waals surface area (Å²) in [7, 11) is 0. The third kappa shape index (κ3) is 10.8. The minimum absolute atomic E-state index is 0. The molecule has 1 aliphatic carbocycles. The molecule has 8 heteroatoms. The topological polar surface area (TPSA) is 136 Å². The molecule has 2 unspecified atom stereocenters. The van der Waals surface area contributed by atoms with E-state index in [1.54, 1.807) is 0 Å². The Kier molecular flexibility index (Phi) is 15.0. The Labute approximate surface area is 153 Å². The van der Waals surface area contributed by atoms with Gasteiger partial charge >= 0.3 is 21.1 Å². The molecule has 0 aliphatic heterocycles. The number of hydrogen-bond acceptors (Lipinski definition) is 7. The monoisotopic (exact) mass is 510 g/mol. The number of hydrogen-bond donors (Lipinski definition) is 2. The van der Waals surface area contributed by atoms with E-state index >= 15 is 0 Å². The van der Waals surface area contributed by atoms with Gasteiger partial charge in [-0.15, -0.1) is 0 Å². The first-order chi connectivity index (χ1) is 10.3. The zero-order valence-corrected chi connectivity index (χ0v) is 16.2. The molecule has 23 heavy (non-hydrogen) atoms. The second kappa shape index (κ2) is 13.9. The SMILES string of the molecule is CCN(CC)CCCC(C(=O)[O-])C(=O)[O-].NC1CCCC1N.[Pt+2]. The Hall–Kier alpha value is -0.492. The minimum Gasteiger partial charge on any atom is -0.549 e. The van der Waals surface area contributed by atoms with Crippen molar-refractivity contribution in [2.45, 2.75) is 58.0 Å². The molecule has 0 amide bonds. The molecule has 1 fully saturated rings. The number of carboxylic acids is 2. The fourth-order valence-electron chi connectivity index (χ4n) is 2.41. The van der Waals surface area contributed by atoms with E-state index in [-0.39, 0.29) is 27.5 Å². The van der Waals surface area contributed by atoms with Gasteiger partial charge in [-0.3, -0.25) is 0 Å². The molecule has 7 nitrogen and oxygen atoms in total. The summed E-state index contributed by atoms with van der Waals surface area (Å²) >= 11 is 0. The molecule has 0 radical (unpaired) electrons. The smallest absolute Gasteiger partial charge is 0.549 e. The standard InChI is InChI=1S/C10H19NO4.C5H12N2.Pt/c1-3-11(4-2)7-5-6-8(9(12)13)10(14)15;6-4-2-1-3-5(4)7;/h8H,3-7H2,1-2H3,(H,12,13)(H,14,15);4-5H,1-3,6-7H2;/q;;+2/p-2. The summed E-state index contributed by atoms with van der Waals surface area (Å²) in [4.78, 5) is 22.9. The number of aliphatic carboxylic acids is 2. The fraction of sp³-hybridized carbons (Fsp3) is 0.867. The predicted octanol–water partition coefficient (Wildman–Crippen LogP) is -1.95. The van der Waals surface area contributed by atoms with Crippen LogP contribution < -0.4 is 21.7 Å². The van der Waals surface area contributed by atoms with Gasteiger partial charge in [-0.05, 0) is 45.3 Å². The molecule has 4 N–H and O–H groups in total. The summed E-state index contributed by atoms with van der Waals surface area (Å²) in [5.41, 5.74) is 11.1. The van der Waals surface area contributed by atoms with Crippen molar-refractivity contribution in [1.82, 2.24) is 4.90 Å². The fourth-order valence-corrected chi connectivity index (χ4v) is 2.41. The van der Waals surface area contributed by atoms with E-state index in [0.717, 1.165) is 25.9 Å². The first-order valence-electron chi connectivity index (χ1n) is 7.98. The first-order valence-corrected chi connectivity index (χ1v) is 7.98. The number of carbonyl (C=O) groups excluding carboxylic acids is 2.